The van der Waals surface area contributed by atoms with Crippen LogP contribution in [0.4, 0.5) is 4.39 Å². The topological polar surface area (TPSA) is 62.5 Å². The van der Waals surface area contributed by atoms with Crippen molar-refractivity contribution in [3.05, 3.63) is 42.0 Å². The molecule has 1 aromatic heterocycles. The van der Waals surface area contributed by atoms with Crippen LogP contribution in [0.15, 0.2) is 39.9 Å². The first-order chi connectivity index (χ1) is 11.6. The molecule has 1 aromatic carbocycles. The normalized spacial score (nSPS) is 12.4. The number of benzene rings is 1. The summed E-state index contributed by atoms with van der Waals surface area (Å²) in [4.78, 5) is 8.98. The smallest absolute Gasteiger partial charge is 0.226 e. The van der Waals surface area contributed by atoms with Gasteiger partial charge in [0, 0.05) is 31.1 Å². The van der Waals surface area contributed by atoms with Gasteiger partial charge in [0.05, 0.1) is 5.69 Å². The fourth-order valence-corrected chi connectivity index (χ4v) is 2.08. The van der Waals surface area contributed by atoms with E-state index in [1.54, 1.807) is 18.4 Å². The first-order valence-corrected chi connectivity index (χ1v) is 8.37. The van der Waals surface area contributed by atoms with Crippen LogP contribution in [0.5, 0.6) is 0 Å². The minimum Gasteiger partial charge on any atom is -0.444 e. The largest absolute Gasteiger partial charge is 0.444 e. The fraction of sp³-hybridized carbons (Fsp3) is 0.444. The first-order valence-electron chi connectivity index (χ1n) is 8.37. The van der Waals surface area contributed by atoms with Crippen LogP contribution in [-0.2, 0) is 6.42 Å². The molecule has 0 radical (unpaired) electrons. The molecule has 7 heteroatoms. The Morgan fingerprint density at radius 2 is 2.00 bits per heavy atom. The van der Waals surface area contributed by atoms with E-state index in [0.29, 0.717) is 24.9 Å². The van der Waals surface area contributed by atoms with Crippen LogP contribution in [-0.4, -0.2) is 30.1 Å². The Morgan fingerprint density at radius 3 is 2.64 bits per heavy atom. The minimum absolute atomic E-state index is 0. The average Bonchev–Trinajstić information content (AvgIpc) is 3.04. The van der Waals surface area contributed by atoms with Gasteiger partial charge in [0.25, 0.3) is 0 Å². The number of oxazole rings is 1. The van der Waals surface area contributed by atoms with E-state index in [2.05, 4.69) is 34.5 Å². The predicted octanol–water partition coefficient (Wildman–Crippen LogP) is 3.99. The number of nitrogens with zero attached hydrogens (tertiary/aromatic N) is 2. The van der Waals surface area contributed by atoms with E-state index in [4.69, 9.17) is 4.42 Å². The highest BCUT2D eigenvalue weighted by molar-refractivity contribution is 14.0. The SMILES string of the molecule is CCNC(=NCCc1coc(-c2ccc(F)cc2)n1)NC(C)CC.I. The van der Waals surface area contributed by atoms with Crippen LogP contribution >= 0.6 is 24.0 Å². The van der Waals surface area contributed by atoms with Crippen molar-refractivity contribution in [1.82, 2.24) is 15.6 Å². The number of aromatic nitrogens is 1. The van der Waals surface area contributed by atoms with E-state index in [0.717, 1.165) is 30.2 Å². The lowest BCUT2D eigenvalue weighted by Crippen LogP contribution is -2.42. The first kappa shape index (κ1) is 21.4. The molecule has 0 aliphatic rings. The number of aliphatic imine (C=N–C) groups is 1. The van der Waals surface area contributed by atoms with Crippen LogP contribution in [0, 0.1) is 5.82 Å². The molecule has 2 rings (SSSR count). The minimum atomic E-state index is -0.273. The molecule has 0 bridgehead atoms. The molecule has 0 saturated heterocycles. The molecule has 0 fully saturated rings. The van der Waals surface area contributed by atoms with Crippen LogP contribution in [0.25, 0.3) is 11.5 Å². The van der Waals surface area contributed by atoms with Gasteiger partial charge in [-0.15, -0.1) is 24.0 Å². The van der Waals surface area contributed by atoms with Crippen molar-refractivity contribution < 1.29 is 8.81 Å². The summed E-state index contributed by atoms with van der Waals surface area (Å²) in [5, 5.41) is 6.58. The van der Waals surface area contributed by atoms with Crippen LogP contribution in [0.2, 0.25) is 0 Å². The summed E-state index contributed by atoms with van der Waals surface area (Å²) in [5.74, 6) is 1.04. The second-order valence-corrected chi connectivity index (χ2v) is 5.62. The highest BCUT2D eigenvalue weighted by atomic mass is 127. The van der Waals surface area contributed by atoms with Crippen molar-refractivity contribution in [3.8, 4) is 11.5 Å². The van der Waals surface area contributed by atoms with Crippen molar-refractivity contribution in [2.45, 2.75) is 39.7 Å². The Hall–Kier alpha value is -1.64. The summed E-state index contributed by atoms with van der Waals surface area (Å²) in [6, 6.07) is 6.48. The molecule has 25 heavy (non-hydrogen) atoms. The van der Waals surface area contributed by atoms with Gasteiger partial charge < -0.3 is 15.1 Å². The van der Waals surface area contributed by atoms with E-state index in [9.17, 15) is 4.39 Å². The van der Waals surface area contributed by atoms with Crippen LogP contribution < -0.4 is 10.6 Å². The van der Waals surface area contributed by atoms with Crippen LogP contribution in [0.3, 0.4) is 0 Å². The van der Waals surface area contributed by atoms with Crippen molar-refractivity contribution in [2.75, 3.05) is 13.1 Å². The van der Waals surface area contributed by atoms with Gasteiger partial charge in [0.15, 0.2) is 5.96 Å². The number of halogens is 2. The fourth-order valence-electron chi connectivity index (χ4n) is 2.08. The van der Waals surface area contributed by atoms with Crippen molar-refractivity contribution in [2.24, 2.45) is 4.99 Å². The lowest BCUT2D eigenvalue weighted by molar-refractivity contribution is 0.572. The van der Waals surface area contributed by atoms with E-state index in [1.807, 2.05) is 6.92 Å². The molecule has 0 spiro atoms. The number of hydrogen-bond acceptors (Lipinski definition) is 3. The zero-order valence-corrected chi connectivity index (χ0v) is 17.2. The number of hydrogen-bond donors (Lipinski definition) is 2. The summed E-state index contributed by atoms with van der Waals surface area (Å²) >= 11 is 0. The number of nitrogens with one attached hydrogen (secondary N) is 2. The molecule has 0 amide bonds. The Bertz CT molecular complexity index is 657. The van der Waals surface area contributed by atoms with Crippen molar-refractivity contribution >= 4 is 29.9 Å². The number of guanidine groups is 1. The third-order valence-corrected chi connectivity index (χ3v) is 3.62. The van der Waals surface area contributed by atoms with Gasteiger partial charge in [0.2, 0.25) is 5.89 Å². The Kier molecular flexibility index (Phi) is 9.48. The third kappa shape index (κ3) is 7.01. The van der Waals surface area contributed by atoms with Gasteiger partial charge in [-0.1, -0.05) is 6.92 Å². The molecule has 2 aromatic rings. The Morgan fingerprint density at radius 1 is 1.28 bits per heavy atom. The second-order valence-electron chi connectivity index (χ2n) is 5.62. The maximum atomic E-state index is 13.0. The van der Waals surface area contributed by atoms with Gasteiger partial charge in [-0.25, -0.2) is 9.37 Å². The molecule has 2 N–H and O–H groups in total. The summed E-state index contributed by atoms with van der Waals surface area (Å²) in [6.07, 6.45) is 3.35. The summed E-state index contributed by atoms with van der Waals surface area (Å²) in [7, 11) is 0. The molecule has 1 unspecified atom stereocenters. The van der Waals surface area contributed by atoms with E-state index < -0.39 is 0 Å². The predicted molar refractivity (Wildman–Crippen MR) is 110 cm³/mol. The maximum Gasteiger partial charge on any atom is 0.226 e. The van der Waals surface area contributed by atoms with Gasteiger partial charge in [-0.05, 0) is 44.5 Å². The molecule has 0 aliphatic heterocycles. The molecule has 5 nitrogen and oxygen atoms in total. The molecule has 1 heterocycles. The van der Waals surface area contributed by atoms with Gasteiger partial charge in [-0.3, -0.25) is 4.99 Å². The Labute approximate surface area is 165 Å². The standard InChI is InChI=1S/C18H25FN4O.HI/c1-4-13(3)22-18(20-5-2)21-11-10-16-12-24-17(23-16)14-6-8-15(19)9-7-14;/h6-9,12-13H,4-5,10-11H2,1-3H3,(H2,20,21,22);1H. The average molecular weight is 460 g/mol. The monoisotopic (exact) mass is 460 g/mol. The number of rotatable bonds is 7. The van der Waals surface area contributed by atoms with Gasteiger partial charge in [0.1, 0.15) is 12.1 Å². The van der Waals surface area contributed by atoms with Gasteiger partial charge in [-0.2, -0.15) is 0 Å². The zero-order valence-electron chi connectivity index (χ0n) is 14.9. The summed E-state index contributed by atoms with van der Waals surface area (Å²) < 4.78 is 18.4. The van der Waals surface area contributed by atoms with E-state index in [1.165, 1.54) is 12.1 Å². The van der Waals surface area contributed by atoms with Crippen molar-refractivity contribution in [1.29, 1.82) is 0 Å². The highest BCUT2D eigenvalue weighted by Gasteiger charge is 2.07. The lowest BCUT2D eigenvalue weighted by Gasteiger charge is -2.15. The second kappa shape index (κ2) is 11.1. The maximum absolute atomic E-state index is 13.0. The van der Waals surface area contributed by atoms with E-state index in [-0.39, 0.29) is 29.8 Å². The quantitative estimate of drug-likeness (QED) is 0.373. The van der Waals surface area contributed by atoms with E-state index >= 15 is 0 Å². The molecule has 0 saturated carbocycles. The molecule has 1 atom stereocenters. The lowest BCUT2D eigenvalue weighted by atomic mass is 10.2. The molecular weight excluding hydrogens is 434 g/mol. The summed E-state index contributed by atoms with van der Waals surface area (Å²) in [5.41, 5.74) is 1.59. The summed E-state index contributed by atoms with van der Waals surface area (Å²) in [6.45, 7) is 7.73. The Balaban J connectivity index is 0.00000312. The molecule has 0 aliphatic carbocycles. The zero-order chi connectivity index (χ0) is 17.4. The molecule has 138 valence electrons. The third-order valence-electron chi connectivity index (χ3n) is 3.62. The molecular formula is C18H26FIN4O. The van der Waals surface area contributed by atoms with Crippen molar-refractivity contribution in [3.63, 3.8) is 0 Å². The van der Waals surface area contributed by atoms with Gasteiger partial charge >= 0.3 is 0 Å². The van der Waals surface area contributed by atoms with Crippen LogP contribution in [0.1, 0.15) is 32.9 Å². The highest BCUT2D eigenvalue weighted by Crippen LogP contribution is 2.19.